The summed E-state index contributed by atoms with van der Waals surface area (Å²) in [5.41, 5.74) is 2.93. The normalized spacial score (nSPS) is 15.8. The van der Waals surface area contributed by atoms with Gasteiger partial charge in [-0.15, -0.1) is 13.2 Å². The highest BCUT2D eigenvalue weighted by atomic mass is 14.2. The summed E-state index contributed by atoms with van der Waals surface area (Å²) in [6, 6.07) is 9.20. The Morgan fingerprint density at radius 2 is 1.63 bits per heavy atom. The summed E-state index contributed by atoms with van der Waals surface area (Å²) < 4.78 is 0. The molecular formula is C19H26. The van der Waals surface area contributed by atoms with Crippen LogP contribution in [0.25, 0.3) is 0 Å². The Kier molecular flexibility index (Phi) is 7.65. The molecule has 0 spiro atoms. The highest BCUT2D eigenvalue weighted by Crippen LogP contribution is 2.32. The van der Waals surface area contributed by atoms with Crippen LogP contribution < -0.4 is 0 Å². The van der Waals surface area contributed by atoms with Gasteiger partial charge < -0.3 is 0 Å². The molecule has 0 bridgehead atoms. The minimum atomic E-state index is 0.821. The van der Waals surface area contributed by atoms with Crippen molar-refractivity contribution in [1.29, 1.82) is 0 Å². The molecule has 0 radical (unpaired) electrons. The molecule has 1 aromatic rings. The SMILES string of the molecule is C=C.C=C/C=C\Cc1ccc(C2CCCCC2)cc1. The van der Waals surface area contributed by atoms with Crippen molar-refractivity contribution in [2.24, 2.45) is 0 Å². The molecule has 0 N–H and O–H groups in total. The summed E-state index contributed by atoms with van der Waals surface area (Å²) in [7, 11) is 0. The quantitative estimate of drug-likeness (QED) is 0.469. The third-order valence-corrected chi connectivity index (χ3v) is 3.68. The van der Waals surface area contributed by atoms with E-state index in [2.05, 4.69) is 50.1 Å². The summed E-state index contributed by atoms with van der Waals surface area (Å²) in [5.74, 6) is 0.821. The van der Waals surface area contributed by atoms with Gasteiger partial charge in [0.25, 0.3) is 0 Å². The zero-order valence-corrected chi connectivity index (χ0v) is 12.0. The first-order chi connectivity index (χ1) is 9.40. The van der Waals surface area contributed by atoms with Gasteiger partial charge in [-0.1, -0.05) is 68.3 Å². The lowest BCUT2D eigenvalue weighted by atomic mass is 9.84. The van der Waals surface area contributed by atoms with E-state index in [0.717, 1.165) is 12.3 Å². The van der Waals surface area contributed by atoms with Gasteiger partial charge in [-0.3, -0.25) is 0 Å². The highest BCUT2D eigenvalue weighted by molar-refractivity contribution is 5.27. The standard InChI is InChI=1S/C17H22.C2H4/c1-2-3-5-8-15-11-13-17(14-12-15)16-9-6-4-7-10-16;1-2/h2-3,5,11-14,16H,1,4,6-10H2;1-2H2/b5-3-;. The van der Waals surface area contributed by atoms with Gasteiger partial charge in [-0.25, -0.2) is 0 Å². The van der Waals surface area contributed by atoms with E-state index >= 15 is 0 Å². The van der Waals surface area contributed by atoms with Crippen LogP contribution in [-0.2, 0) is 6.42 Å². The number of hydrogen-bond acceptors (Lipinski definition) is 0. The number of hydrogen-bond donors (Lipinski definition) is 0. The van der Waals surface area contributed by atoms with Gasteiger partial charge >= 0.3 is 0 Å². The minimum Gasteiger partial charge on any atom is -0.106 e. The molecule has 0 nitrogen and oxygen atoms in total. The molecular weight excluding hydrogens is 228 g/mol. The second-order valence-electron chi connectivity index (χ2n) is 4.94. The van der Waals surface area contributed by atoms with Gasteiger partial charge in [0.15, 0.2) is 0 Å². The Labute approximate surface area is 118 Å². The molecule has 102 valence electrons. The molecule has 19 heavy (non-hydrogen) atoms. The molecule has 0 heterocycles. The van der Waals surface area contributed by atoms with Gasteiger partial charge in [-0.2, -0.15) is 0 Å². The largest absolute Gasteiger partial charge is 0.106 e. The van der Waals surface area contributed by atoms with Crippen LogP contribution in [0.4, 0.5) is 0 Å². The molecule has 0 heteroatoms. The average Bonchev–Trinajstić information content (AvgIpc) is 2.51. The molecule has 1 aliphatic carbocycles. The Morgan fingerprint density at radius 1 is 1.00 bits per heavy atom. The van der Waals surface area contributed by atoms with Crippen molar-refractivity contribution in [2.45, 2.75) is 44.4 Å². The maximum Gasteiger partial charge on any atom is -0.00943 e. The monoisotopic (exact) mass is 254 g/mol. The molecule has 0 aromatic heterocycles. The third-order valence-electron chi connectivity index (χ3n) is 3.68. The summed E-state index contributed by atoms with van der Waals surface area (Å²) >= 11 is 0. The van der Waals surface area contributed by atoms with Crippen LogP contribution in [0.5, 0.6) is 0 Å². The lowest BCUT2D eigenvalue weighted by Crippen LogP contribution is -2.04. The summed E-state index contributed by atoms with van der Waals surface area (Å²) in [4.78, 5) is 0. The molecule has 1 aliphatic rings. The first-order valence-electron chi connectivity index (χ1n) is 7.26. The molecule has 1 fully saturated rings. The summed E-state index contributed by atoms with van der Waals surface area (Å²) in [6.45, 7) is 9.68. The van der Waals surface area contributed by atoms with Crippen molar-refractivity contribution < 1.29 is 0 Å². The summed E-state index contributed by atoms with van der Waals surface area (Å²) in [6.07, 6.45) is 14.0. The van der Waals surface area contributed by atoms with Crippen LogP contribution in [-0.4, -0.2) is 0 Å². The summed E-state index contributed by atoms with van der Waals surface area (Å²) in [5, 5.41) is 0. The number of benzene rings is 1. The molecule has 1 saturated carbocycles. The molecule has 2 rings (SSSR count). The molecule has 0 unspecified atom stereocenters. The van der Waals surface area contributed by atoms with Gasteiger partial charge in [-0.05, 0) is 36.3 Å². The van der Waals surface area contributed by atoms with E-state index in [9.17, 15) is 0 Å². The van der Waals surface area contributed by atoms with E-state index in [-0.39, 0.29) is 0 Å². The highest BCUT2D eigenvalue weighted by Gasteiger charge is 2.14. The van der Waals surface area contributed by atoms with E-state index in [1.807, 2.05) is 12.2 Å². The van der Waals surface area contributed by atoms with Gasteiger partial charge in [0.05, 0.1) is 0 Å². The van der Waals surface area contributed by atoms with Crippen LogP contribution in [0, 0.1) is 0 Å². The molecule has 1 aromatic carbocycles. The van der Waals surface area contributed by atoms with Crippen LogP contribution in [0.15, 0.2) is 62.2 Å². The molecule has 0 saturated heterocycles. The van der Waals surface area contributed by atoms with Crippen LogP contribution in [0.2, 0.25) is 0 Å². The molecule has 0 aliphatic heterocycles. The average molecular weight is 254 g/mol. The van der Waals surface area contributed by atoms with Crippen molar-refractivity contribution in [3.63, 3.8) is 0 Å². The predicted octanol–water partition coefficient (Wildman–Crippen LogP) is 5.82. The Hall–Kier alpha value is -1.56. The maximum atomic E-state index is 3.68. The van der Waals surface area contributed by atoms with Crippen molar-refractivity contribution in [2.75, 3.05) is 0 Å². The van der Waals surface area contributed by atoms with E-state index in [1.165, 1.54) is 37.7 Å². The second kappa shape index (κ2) is 9.38. The number of rotatable bonds is 4. The minimum absolute atomic E-state index is 0.821. The van der Waals surface area contributed by atoms with Crippen LogP contribution in [0.1, 0.15) is 49.1 Å². The van der Waals surface area contributed by atoms with Crippen molar-refractivity contribution in [3.8, 4) is 0 Å². The van der Waals surface area contributed by atoms with Gasteiger partial charge in [0.2, 0.25) is 0 Å². The lowest BCUT2D eigenvalue weighted by Gasteiger charge is -2.22. The topological polar surface area (TPSA) is 0 Å². The van der Waals surface area contributed by atoms with Gasteiger partial charge in [0, 0.05) is 0 Å². The predicted molar refractivity (Wildman–Crippen MR) is 86.6 cm³/mol. The zero-order chi connectivity index (χ0) is 13.9. The first-order valence-corrected chi connectivity index (χ1v) is 7.26. The lowest BCUT2D eigenvalue weighted by molar-refractivity contribution is 0.443. The smallest absolute Gasteiger partial charge is 0.00943 e. The first kappa shape index (κ1) is 15.5. The van der Waals surface area contributed by atoms with E-state index < -0.39 is 0 Å². The van der Waals surface area contributed by atoms with Crippen molar-refractivity contribution >= 4 is 0 Å². The van der Waals surface area contributed by atoms with Crippen molar-refractivity contribution in [3.05, 3.63) is 73.4 Å². The second-order valence-corrected chi connectivity index (χ2v) is 4.94. The molecule has 0 atom stereocenters. The van der Waals surface area contributed by atoms with E-state index in [0.29, 0.717) is 0 Å². The van der Waals surface area contributed by atoms with E-state index in [1.54, 1.807) is 5.56 Å². The Bertz CT molecular complexity index is 377. The van der Waals surface area contributed by atoms with Crippen LogP contribution in [0.3, 0.4) is 0 Å². The van der Waals surface area contributed by atoms with Crippen LogP contribution >= 0.6 is 0 Å². The Balaban J connectivity index is 0.000000861. The van der Waals surface area contributed by atoms with Gasteiger partial charge in [0.1, 0.15) is 0 Å². The fourth-order valence-corrected chi connectivity index (χ4v) is 2.66. The number of allylic oxidation sites excluding steroid dienone is 3. The van der Waals surface area contributed by atoms with Crippen molar-refractivity contribution in [1.82, 2.24) is 0 Å². The third kappa shape index (κ3) is 5.30. The zero-order valence-electron chi connectivity index (χ0n) is 12.0. The fourth-order valence-electron chi connectivity index (χ4n) is 2.66. The van der Waals surface area contributed by atoms with E-state index in [4.69, 9.17) is 0 Å². The Morgan fingerprint density at radius 3 is 2.21 bits per heavy atom. The maximum absolute atomic E-state index is 3.68. The molecule has 0 amide bonds. The fraction of sp³-hybridized carbons (Fsp3) is 0.368.